The summed E-state index contributed by atoms with van der Waals surface area (Å²) in [7, 11) is 0. The van der Waals surface area contributed by atoms with Gasteiger partial charge in [-0.2, -0.15) is 0 Å². The largest absolute Gasteiger partial charge is 0.342 e. The molecule has 2 N–H and O–H groups in total. The summed E-state index contributed by atoms with van der Waals surface area (Å²) in [5, 5.41) is 3.45. The average molecular weight is 385 g/mol. The number of carbonyl (C=O) groups excluding carboxylic acids is 1. The van der Waals surface area contributed by atoms with Crippen LogP contribution in [0.2, 0.25) is 0 Å². The van der Waals surface area contributed by atoms with Gasteiger partial charge in [0.1, 0.15) is 5.82 Å². The Kier molecular flexibility index (Phi) is 6.72. The van der Waals surface area contributed by atoms with E-state index in [0.717, 1.165) is 42.8 Å². The van der Waals surface area contributed by atoms with Crippen LogP contribution in [-0.4, -0.2) is 45.9 Å². The number of hydrogen-bond donors (Lipinski definition) is 2. The molecule has 138 valence electrons. The maximum atomic E-state index is 12.7. The fraction of sp³-hybridized carbons (Fsp3) is 0.556. The first-order chi connectivity index (χ1) is 11.2. The minimum atomic E-state index is 0. The van der Waals surface area contributed by atoms with E-state index in [2.05, 4.69) is 33.2 Å². The zero-order chi connectivity index (χ0) is 15.8. The van der Waals surface area contributed by atoms with Crippen LogP contribution in [0.4, 0.5) is 0 Å². The predicted octanol–water partition coefficient (Wildman–Crippen LogP) is 3.00. The number of aryl methyl sites for hydroxylation is 2. The van der Waals surface area contributed by atoms with E-state index >= 15 is 0 Å². The summed E-state index contributed by atoms with van der Waals surface area (Å²) >= 11 is 0. The highest BCUT2D eigenvalue weighted by Gasteiger charge is 2.37. The first-order valence-electron chi connectivity index (χ1n) is 8.68. The Labute approximate surface area is 160 Å². The number of rotatable bonds is 3. The number of aromatic nitrogens is 2. The van der Waals surface area contributed by atoms with Crippen LogP contribution in [0.25, 0.3) is 11.0 Å². The highest BCUT2D eigenvalue weighted by Crippen LogP contribution is 2.28. The van der Waals surface area contributed by atoms with Crippen LogP contribution in [0.1, 0.15) is 37.1 Å². The molecule has 4 rings (SSSR count). The Balaban J connectivity index is 0.00000113. The monoisotopic (exact) mass is 384 g/mol. The van der Waals surface area contributed by atoms with Gasteiger partial charge in [0.15, 0.2) is 0 Å². The molecule has 2 aromatic rings. The summed E-state index contributed by atoms with van der Waals surface area (Å²) in [4.78, 5) is 22.9. The van der Waals surface area contributed by atoms with Crippen LogP contribution < -0.4 is 5.32 Å². The van der Waals surface area contributed by atoms with Crippen LogP contribution in [0.5, 0.6) is 0 Å². The molecule has 2 atom stereocenters. The van der Waals surface area contributed by atoms with Crippen molar-refractivity contribution in [2.45, 2.75) is 51.1 Å². The first kappa shape index (κ1) is 20.0. The minimum absolute atomic E-state index is 0. The quantitative estimate of drug-likeness (QED) is 0.854. The molecule has 2 aliphatic heterocycles. The average Bonchev–Trinajstić information content (AvgIpc) is 3.05. The van der Waals surface area contributed by atoms with E-state index in [4.69, 9.17) is 0 Å². The number of benzene rings is 1. The van der Waals surface area contributed by atoms with Crippen molar-refractivity contribution in [1.82, 2.24) is 20.2 Å². The summed E-state index contributed by atoms with van der Waals surface area (Å²) in [5.74, 6) is 1.21. The molecule has 5 nitrogen and oxygen atoms in total. The van der Waals surface area contributed by atoms with Gasteiger partial charge in [0.2, 0.25) is 5.91 Å². The molecule has 7 heteroatoms. The van der Waals surface area contributed by atoms with Crippen LogP contribution in [-0.2, 0) is 11.2 Å². The zero-order valence-corrected chi connectivity index (χ0v) is 16.1. The third-order valence-corrected chi connectivity index (χ3v) is 5.28. The van der Waals surface area contributed by atoms with Crippen LogP contribution in [0, 0.1) is 6.92 Å². The van der Waals surface area contributed by atoms with Crippen molar-refractivity contribution in [2.24, 2.45) is 0 Å². The van der Waals surface area contributed by atoms with Gasteiger partial charge in [-0.15, -0.1) is 24.8 Å². The Morgan fingerprint density at radius 3 is 2.84 bits per heavy atom. The number of halogens is 2. The number of fused-ring (bicyclic) bond motifs is 3. The molecule has 2 aliphatic rings. The molecule has 0 aliphatic carbocycles. The van der Waals surface area contributed by atoms with Gasteiger partial charge < -0.3 is 15.2 Å². The Bertz CT molecular complexity index is 719. The van der Waals surface area contributed by atoms with Crippen molar-refractivity contribution in [3.8, 4) is 0 Å². The van der Waals surface area contributed by atoms with Crippen LogP contribution in [0.3, 0.4) is 0 Å². The number of carbonyl (C=O) groups is 1. The molecule has 0 saturated carbocycles. The number of aromatic amines is 1. The van der Waals surface area contributed by atoms with Gasteiger partial charge in [0.25, 0.3) is 0 Å². The molecule has 2 saturated heterocycles. The van der Waals surface area contributed by atoms with Gasteiger partial charge in [-0.25, -0.2) is 4.98 Å². The number of H-pyrrole nitrogens is 1. The van der Waals surface area contributed by atoms with E-state index in [1.165, 1.54) is 12.0 Å². The van der Waals surface area contributed by atoms with Crippen LogP contribution in [0.15, 0.2) is 18.2 Å². The second-order valence-electron chi connectivity index (χ2n) is 6.83. The van der Waals surface area contributed by atoms with Crippen molar-refractivity contribution in [3.63, 3.8) is 0 Å². The third-order valence-electron chi connectivity index (χ3n) is 5.28. The van der Waals surface area contributed by atoms with Gasteiger partial charge >= 0.3 is 0 Å². The first-order valence-corrected chi connectivity index (χ1v) is 8.68. The molecule has 0 radical (unpaired) electrons. The maximum Gasteiger partial charge on any atom is 0.223 e. The maximum absolute atomic E-state index is 12.7. The molecular weight excluding hydrogens is 359 g/mol. The lowest BCUT2D eigenvalue weighted by Crippen LogP contribution is -2.42. The molecule has 1 aromatic heterocycles. The summed E-state index contributed by atoms with van der Waals surface area (Å²) in [5.41, 5.74) is 3.26. The number of para-hydroxylation sites is 1. The standard InChI is InChI=1S/C18H24N4O.2ClH/c1-12-3-2-4-15-18(12)21-16(20-15)7-8-17(23)22-13-5-6-14(22)11-19-10-9-13;;/h2-4,13-14,19H,5-11H2,1H3,(H,20,21);2*1H. The molecule has 1 aromatic carbocycles. The Hall–Kier alpha value is -1.30. The van der Waals surface area contributed by atoms with Crippen molar-refractivity contribution in [2.75, 3.05) is 13.1 Å². The van der Waals surface area contributed by atoms with Gasteiger partial charge in [-0.1, -0.05) is 12.1 Å². The fourth-order valence-electron chi connectivity index (χ4n) is 4.09. The van der Waals surface area contributed by atoms with E-state index < -0.39 is 0 Å². The molecule has 2 fully saturated rings. The number of hydrogen-bond acceptors (Lipinski definition) is 3. The Morgan fingerprint density at radius 2 is 2.04 bits per heavy atom. The lowest BCUT2D eigenvalue weighted by atomic mass is 10.1. The fourth-order valence-corrected chi connectivity index (χ4v) is 4.09. The SMILES string of the molecule is Cc1cccc2[nH]c(CCC(=O)N3C4CCNCC3CC4)nc12.Cl.Cl. The van der Waals surface area contributed by atoms with E-state index in [9.17, 15) is 4.79 Å². The normalized spacial score (nSPS) is 22.2. The smallest absolute Gasteiger partial charge is 0.223 e. The molecule has 1 amide bonds. The van der Waals surface area contributed by atoms with Crippen molar-refractivity contribution < 1.29 is 4.79 Å². The number of nitrogens with zero attached hydrogens (tertiary/aromatic N) is 2. The topological polar surface area (TPSA) is 61.0 Å². The van der Waals surface area contributed by atoms with E-state index in [-0.39, 0.29) is 24.8 Å². The minimum Gasteiger partial charge on any atom is -0.342 e. The van der Waals surface area contributed by atoms with Gasteiger partial charge in [0.05, 0.1) is 11.0 Å². The molecule has 25 heavy (non-hydrogen) atoms. The molecule has 2 unspecified atom stereocenters. The zero-order valence-electron chi connectivity index (χ0n) is 14.5. The summed E-state index contributed by atoms with van der Waals surface area (Å²) in [6.45, 7) is 4.06. The number of amides is 1. The molecule has 0 spiro atoms. The lowest BCUT2D eigenvalue weighted by molar-refractivity contribution is -0.133. The number of imidazole rings is 1. The third kappa shape index (κ3) is 3.94. The van der Waals surface area contributed by atoms with E-state index in [1.807, 2.05) is 12.1 Å². The summed E-state index contributed by atoms with van der Waals surface area (Å²) in [6, 6.07) is 6.99. The van der Waals surface area contributed by atoms with Crippen molar-refractivity contribution >= 4 is 41.8 Å². The lowest BCUT2D eigenvalue weighted by Gasteiger charge is -2.27. The van der Waals surface area contributed by atoms with Crippen molar-refractivity contribution in [3.05, 3.63) is 29.6 Å². The summed E-state index contributed by atoms with van der Waals surface area (Å²) in [6.07, 6.45) is 4.64. The van der Waals surface area contributed by atoms with Crippen molar-refractivity contribution in [1.29, 1.82) is 0 Å². The predicted molar refractivity (Wildman–Crippen MR) is 105 cm³/mol. The van der Waals surface area contributed by atoms with E-state index in [0.29, 0.717) is 30.8 Å². The van der Waals surface area contributed by atoms with Gasteiger partial charge in [-0.05, 0) is 44.4 Å². The second kappa shape index (κ2) is 8.39. The summed E-state index contributed by atoms with van der Waals surface area (Å²) < 4.78 is 0. The highest BCUT2D eigenvalue weighted by molar-refractivity contribution is 5.85. The van der Waals surface area contributed by atoms with Gasteiger partial charge in [0, 0.05) is 31.5 Å². The second-order valence-corrected chi connectivity index (χ2v) is 6.83. The van der Waals surface area contributed by atoms with Gasteiger partial charge in [-0.3, -0.25) is 4.79 Å². The molecular formula is C18H26Cl2N4O. The van der Waals surface area contributed by atoms with E-state index in [1.54, 1.807) is 0 Å². The number of nitrogens with one attached hydrogen (secondary N) is 2. The molecule has 3 heterocycles. The Morgan fingerprint density at radius 1 is 1.24 bits per heavy atom. The van der Waals surface area contributed by atoms with Crippen LogP contribution >= 0.6 is 24.8 Å². The molecule has 2 bridgehead atoms. The highest BCUT2D eigenvalue weighted by atomic mass is 35.5.